The van der Waals surface area contributed by atoms with E-state index in [-0.39, 0.29) is 11.9 Å². The molecular formula is C10H20N2O2S. The Kier molecular flexibility index (Phi) is 6.05. The molecule has 0 aromatic rings. The zero-order chi connectivity index (χ0) is 11.1. The number of nitrogens with two attached hydrogens (primary N) is 1. The summed E-state index contributed by atoms with van der Waals surface area (Å²) in [6.07, 6.45) is 2.69. The number of hydrogen-bond donors (Lipinski definition) is 2. The SMILES string of the molecule is CCNC(CSCC1CCCO1)C(N)=O. The van der Waals surface area contributed by atoms with Gasteiger partial charge in [-0.25, -0.2) is 0 Å². The number of rotatable bonds is 7. The predicted molar refractivity (Wildman–Crippen MR) is 63.0 cm³/mol. The fraction of sp³-hybridized carbons (Fsp3) is 0.900. The van der Waals surface area contributed by atoms with Crippen LogP contribution in [0.15, 0.2) is 0 Å². The van der Waals surface area contributed by atoms with Crippen LogP contribution in [0, 0.1) is 0 Å². The van der Waals surface area contributed by atoms with Gasteiger partial charge in [0.2, 0.25) is 5.91 Å². The molecule has 3 N–H and O–H groups in total. The van der Waals surface area contributed by atoms with Crippen molar-refractivity contribution in [2.75, 3.05) is 24.7 Å². The minimum absolute atomic E-state index is 0.207. The minimum atomic E-state index is -0.267. The summed E-state index contributed by atoms with van der Waals surface area (Å²) in [5.74, 6) is 1.44. The molecule has 1 amide bonds. The molecule has 4 nitrogen and oxygen atoms in total. The smallest absolute Gasteiger partial charge is 0.235 e. The van der Waals surface area contributed by atoms with Gasteiger partial charge in [-0.05, 0) is 19.4 Å². The molecule has 0 aromatic carbocycles. The lowest BCUT2D eigenvalue weighted by atomic mass is 10.3. The second kappa shape index (κ2) is 7.09. The van der Waals surface area contributed by atoms with Crippen molar-refractivity contribution in [2.45, 2.75) is 31.9 Å². The molecule has 1 aliphatic rings. The Morgan fingerprint density at radius 1 is 1.73 bits per heavy atom. The van der Waals surface area contributed by atoms with Gasteiger partial charge in [0.05, 0.1) is 12.1 Å². The minimum Gasteiger partial charge on any atom is -0.377 e. The number of thioether (sulfide) groups is 1. The predicted octanol–water partition coefficient (Wildman–Crippen LogP) is 0.362. The molecule has 1 fully saturated rings. The average molecular weight is 232 g/mol. The summed E-state index contributed by atoms with van der Waals surface area (Å²) >= 11 is 1.74. The van der Waals surface area contributed by atoms with Gasteiger partial charge in [-0.15, -0.1) is 0 Å². The lowest BCUT2D eigenvalue weighted by Crippen LogP contribution is -2.43. The molecule has 1 aliphatic heterocycles. The van der Waals surface area contributed by atoms with E-state index in [0.29, 0.717) is 6.10 Å². The lowest BCUT2D eigenvalue weighted by molar-refractivity contribution is -0.119. The monoisotopic (exact) mass is 232 g/mol. The Bertz CT molecular complexity index is 196. The van der Waals surface area contributed by atoms with Gasteiger partial charge in [0, 0.05) is 18.1 Å². The van der Waals surface area contributed by atoms with Crippen LogP contribution in [0.25, 0.3) is 0 Å². The lowest BCUT2D eigenvalue weighted by Gasteiger charge is -2.15. The van der Waals surface area contributed by atoms with Crippen molar-refractivity contribution in [2.24, 2.45) is 5.73 Å². The molecule has 0 radical (unpaired) electrons. The van der Waals surface area contributed by atoms with E-state index in [4.69, 9.17) is 10.5 Å². The molecule has 15 heavy (non-hydrogen) atoms. The van der Waals surface area contributed by atoms with Gasteiger partial charge in [0.25, 0.3) is 0 Å². The molecule has 2 atom stereocenters. The molecule has 5 heteroatoms. The largest absolute Gasteiger partial charge is 0.377 e. The zero-order valence-electron chi connectivity index (χ0n) is 9.20. The van der Waals surface area contributed by atoms with Crippen molar-refractivity contribution >= 4 is 17.7 Å². The number of amides is 1. The highest BCUT2D eigenvalue weighted by Gasteiger charge is 2.18. The molecular weight excluding hydrogens is 212 g/mol. The van der Waals surface area contributed by atoms with E-state index in [1.54, 1.807) is 11.8 Å². The second-order valence-electron chi connectivity index (χ2n) is 3.69. The number of likely N-dealkylation sites (N-methyl/N-ethyl adjacent to an activating group) is 1. The number of carbonyl (C=O) groups excluding carboxylic acids is 1. The first-order chi connectivity index (χ1) is 7.24. The molecule has 0 bridgehead atoms. The highest BCUT2D eigenvalue weighted by Crippen LogP contribution is 2.17. The van der Waals surface area contributed by atoms with Crippen molar-refractivity contribution in [1.29, 1.82) is 0 Å². The van der Waals surface area contributed by atoms with E-state index in [1.807, 2.05) is 6.92 Å². The summed E-state index contributed by atoms with van der Waals surface area (Å²) in [5.41, 5.74) is 5.27. The fourth-order valence-electron chi connectivity index (χ4n) is 1.58. The van der Waals surface area contributed by atoms with Crippen LogP contribution >= 0.6 is 11.8 Å². The normalized spacial score (nSPS) is 22.9. The highest BCUT2D eigenvalue weighted by atomic mass is 32.2. The second-order valence-corrected chi connectivity index (χ2v) is 4.76. The maximum atomic E-state index is 11.0. The Morgan fingerprint density at radius 3 is 3.07 bits per heavy atom. The summed E-state index contributed by atoms with van der Waals surface area (Å²) in [7, 11) is 0. The molecule has 1 saturated heterocycles. The van der Waals surface area contributed by atoms with Crippen LogP contribution in [-0.2, 0) is 9.53 Å². The zero-order valence-corrected chi connectivity index (χ0v) is 10.0. The average Bonchev–Trinajstić information content (AvgIpc) is 2.69. The van der Waals surface area contributed by atoms with E-state index >= 15 is 0 Å². The molecule has 88 valence electrons. The molecule has 2 unspecified atom stereocenters. The first-order valence-electron chi connectivity index (χ1n) is 5.46. The van der Waals surface area contributed by atoms with E-state index in [1.165, 1.54) is 0 Å². The van der Waals surface area contributed by atoms with Gasteiger partial charge in [0.1, 0.15) is 0 Å². The van der Waals surface area contributed by atoms with E-state index in [9.17, 15) is 4.79 Å². The maximum absolute atomic E-state index is 11.0. The summed E-state index contributed by atoms with van der Waals surface area (Å²) in [6.45, 7) is 3.63. The van der Waals surface area contributed by atoms with Crippen molar-refractivity contribution in [3.63, 3.8) is 0 Å². The Labute approximate surface area is 95.3 Å². The Hall–Kier alpha value is -0.260. The molecule has 0 spiro atoms. The van der Waals surface area contributed by atoms with Crippen LogP contribution < -0.4 is 11.1 Å². The van der Waals surface area contributed by atoms with Crippen molar-refractivity contribution in [1.82, 2.24) is 5.32 Å². The third-order valence-corrected chi connectivity index (χ3v) is 3.58. The van der Waals surface area contributed by atoms with Crippen molar-refractivity contribution < 1.29 is 9.53 Å². The van der Waals surface area contributed by atoms with Gasteiger partial charge >= 0.3 is 0 Å². The van der Waals surface area contributed by atoms with Gasteiger partial charge in [-0.1, -0.05) is 6.92 Å². The van der Waals surface area contributed by atoms with Crippen LogP contribution in [0.1, 0.15) is 19.8 Å². The van der Waals surface area contributed by atoms with Crippen LogP contribution in [0.2, 0.25) is 0 Å². The number of ether oxygens (including phenoxy) is 1. The Morgan fingerprint density at radius 2 is 2.53 bits per heavy atom. The standard InChI is InChI=1S/C10H20N2O2S/c1-2-12-9(10(11)13)7-15-6-8-4-3-5-14-8/h8-9,12H,2-7H2,1H3,(H2,11,13). The van der Waals surface area contributed by atoms with E-state index in [2.05, 4.69) is 5.32 Å². The molecule has 0 aromatic heterocycles. The third kappa shape index (κ3) is 4.86. The van der Waals surface area contributed by atoms with Gasteiger partial charge in [-0.2, -0.15) is 11.8 Å². The van der Waals surface area contributed by atoms with E-state index < -0.39 is 0 Å². The van der Waals surface area contributed by atoms with Crippen LogP contribution in [0.4, 0.5) is 0 Å². The summed E-state index contributed by atoms with van der Waals surface area (Å²) < 4.78 is 5.50. The molecule has 1 heterocycles. The molecule has 0 aliphatic carbocycles. The topological polar surface area (TPSA) is 64.3 Å². The van der Waals surface area contributed by atoms with Gasteiger partial charge in [0.15, 0.2) is 0 Å². The van der Waals surface area contributed by atoms with Gasteiger partial charge < -0.3 is 15.8 Å². The van der Waals surface area contributed by atoms with Crippen molar-refractivity contribution in [3.05, 3.63) is 0 Å². The van der Waals surface area contributed by atoms with Gasteiger partial charge in [-0.3, -0.25) is 4.79 Å². The quantitative estimate of drug-likeness (QED) is 0.665. The number of carbonyl (C=O) groups is 1. The summed E-state index contributed by atoms with van der Waals surface area (Å²) in [4.78, 5) is 11.0. The maximum Gasteiger partial charge on any atom is 0.235 e. The highest BCUT2D eigenvalue weighted by molar-refractivity contribution is 7.99. The number of hydrogen-bond acceptors (Lipinski definition) is 4. The summed E-state index contributed by atoms with van der Waals surface area (Å²) in [5, 5.41) is 3.07. The number of primary amides is 1. The third-order valence-electron chi connectivity index (χ3n) is 2.41. The first kappa shape index (κ1) is 12.8. The van der Waals surface area contributed by atoms with E-state index in [0.717, 1.165) is 37.5 Å². The van der Waals surface area contributed by atoms with Crippen molar-refractivity contribution in [3.8, 4) is 0 Å². The summed E-state index contributed by atoms with van der Waals surface area (Å²) in [6, 6.07) is -0.207. The van der Waals surface area contributed by atoms with Crippen LogP contribution in [-0.4, -0.2) is 42.7 Å². The molecule has 1 rings (SSSR count). The number of nitrogens with one attached hydrogen (secondary N) is 1. The molecule has 0 saturated carbocycles. The van der Waals surface area contributed by atoms with Crippen LogP contribution in [0.3, 0.4) is 0 Å². The van der Waals surface area contributed by atoms with Crippen LogP contribution in [0.5, 0.6) is 0 Å². The fourth-order valence-corrected chi connectivity index (χ4v) is 2.76. The first-order valence-corrected chi connectivity index (χ1v) is 6.61. The Balaban J connectivity index is 2.12.